The maximum absolute atomic E-state index is 8.44. The summed E-state index contributed by atoms with van der Waals surface area (Å²) in [6, 6.07) is 41.3. The third kappa shape index (κ3) is 4.67. The average Bonchev–Trinajstić information content (AvgIpc) is 3.81. The molecule has 10 aromatic rings. The lowest BCUT2D eigenvalue weighted by Gasteiger charge is -2.09. The third-order valence-electron chi connectivity index (χ3n) is 9.05. The van der Waals surface area contributed by atoms with Crippen molar-refractivity contribution in [2.75, 3.05) is 0 Å². The van der Waals surface area contributed by atoms with Gasteiger partial charge in [-0.1, -0.05) is 133 Å². The normalized spacial score (nSPS) is 13.0. The maximum atomic E-state index is 8.44. The molecule has 3 aromatic heterocycles. The van der Waals surface area contributed by atoms with E-state index in [0.29, 0.717) is 28.6 Å². The standard InChI is InChI=1S/C45H27N3O2/c1-3-11-28(12-4-1)29-21-23-31(24-22-29)44-46-43(30-13-5-2-6-14-30)47-45(48-44)32-25-26-39-37(27-32)41-34(16-10-20-40(41)49-39)36-18-9-17-35-33-15-7-8-19-38(33)50-42(35)36/h1-27H/i1D,3D,4D,11D,12D. The van der Waals surface area contributed by atoms with E-state index in [2.05, 4.69) is 36.4 Å². The Labute approximate surface area is 294 Å². The third-order valence-corrected chi connectivity index (χ3v) is 9.05. The van der Waals surface area contributed by atoms with Crippen LogP contribution in [-0.4, -0.2) is 15.0 Å². The Morgan fingerprint density at radius 1 is 0.400 bits per heavy atom. The first kappa shape index (κ1) is 23.5. The molecule has 0 fully saturated rings. The van der Waals surface area contributed by atoms with Gasteiger partial charge in [-0.15, -0.1) is 0 Å². The first-order valence-corrected chi connectivity index (χ1v) is 16.2. The predicted octanol–water partition coefficient (Wildman–Crippen LogP) is 12.0. The van der Waals surface area contributed by atoms with Gasteiger partial charge in [0, 0.05) is 43.8 Å². The Bertz CT molecular complexity index is 3130. The zero-order chi connectivity index (χ0) is 37.4. The fourth-order valence-electron chi connectivity index (χ4n) is 6.68. The molecule has 0 bridgehead atoms. The lowest BCUT2D eigenvalue weighted by atomic mass is 9.97. The van der Waals surface area contributed by atoms with Crippen LogP contribution in [0.4, 0.5) is 0 Å². The van der Waals surface area contributed by atoms with E-state index in [1.165, 1.54) is 0 Å². The highest BCUT2D eigenvalue weighted by molar-refractivity contribution is 6.17. The van der Waals surface area contributed by atoms with Crippen LogP contribution in [0.5, 0.6) is 0 Å². The highest BCUT2D eigenvalue weighted by atomic mass is 16.3. The minimum Gasteiger partial charge on any atom is -0.456 e. The van der Waals surface area contributed by atoms with E-state index in [9.17, 15) is 0 Å². The Hall–Kier alpha value is -6.85. The Kier molecular flexibility index (Phi) is 5.35. The van der Waals surface area contributed by atoms with Gasteiger partial charge in [0.1, 0.15) is 22.3 Å². The molecule has 0 atom stereocenters. The lowest BCUT2D eigenvalue weighted by Crippen LogP contribution is -2.00. The van der Waals surface area contributed by atoms with Crippen LogP contribution in [0.25, 0.3) is 100 Å². The van der Waals surface area contributed by atoms with Crippen LogP contribution >= 0.6 is 0 Å². The van der Waals surface area contributed by atoms with E-state index in [1.807, 2.05) is 72.8 Å². The van der Waals surface area contributed by atoms with Crippen molar-refractivity contribution in [1.82, 2.24) is 15.0 Å². The molecule has 0 N–H and O–H groups in total. The van der Waals surface area contributed by atoms with Crippen LogP contribution in [0.15, 0.2) is 173 Å². The summed E-state index contributed by atoms with van der Waals surface area (Å²) >= 11 is 0. The molecule has 5 nitrogen and oxygen atoms in total. The molecule has 0 amide bonds. The summed E-state index contributed by atoms with van der Waals surface area (Å²) in [7, 11) is 0. The molecule has 0 aliphatic heterocycles. The SMILES string of the molecule is [2H]c1c([2H])c([2H])c(-c2ccc(-c3nc(-c4ccccc4)nc(-c4ccc5oc6cccc(-c7cccc8c7oc7ccccc78)c6c5c4)n3)cc2)c([2H])c1[2H]. The number of fused-ring (bicyclic) bond motifs is 6. The molecule has 7 aromatic carbocycles. The second-order valence-corrected chi connectivity index (χ2v) is 12.0. The maximum Gasteiger partial charge on any atom is 0.164 e. The molecular formula is C45H27N3O2. The monoisotopic (exact) mass is 646 g/mol. The van der Waals surface area contributed by atoms with Gasteiger partial charge in [-0.25, -0.2) is 15.0 Å². The summed E-state index contributed by atoms with van der Waals surface area (Å²) in [4.78, 5) is 14.8. The second kappa shape index (κ2) is 11.4. The molecule has 0 saturated heterocycles. The quantitative estimate of drug-likeness (QED) is 0.186. The van der Waals surface area contributed by atoms with Gasteiger partial charge in [0.25, 0.3) is 0 Å². The summed E-state index contributed by atoms with van der Waals surface area (Å²) in [5.41, 5.74) is 7.96. The van der Waals surface area contributed by atoms with Crippen LogP contribution in [0, 0.1) is 0 Å². The Morgan fingerprint density at radius 3 is 1.82 bits per heavy atom. The number of hydrogen-bond donors (Lipinski definition) is 0. The molecule has 0 unspecified atom stereocenters. The van der Waals surface area contributed by atoms with Gasteiger partial charge in [0.15, 0.2) is 17.5 Å². The van der Waals surface area contributed by atoms with Crippen molar-refractivity contribution in [1.29, 1.82) is 0 Å². The molecule has 3 heterocycles. The second-order valence-electron chi connectivity index (χ2n) is 12.0. The lowest BCUT2D eigenvalue weighted by molar-refractivity contribution is 0.668. The van der Waals surface area contributed by atoms with E-state index in [-0.39, 0.29) is 29.7 Å². The number of benzene rings is 7. The van der Waals surface area contributed by atoms with Crippen molar-refractivity contribution in [2.24, 2.45) is 0 Å². The molecule has 0 radical (unpaired) electrons. The minimum absolute atomic E-state index is 0.135. The van der Waals surface area contributed by atoms with Gasteiger partial charge in [0.2, 0.25) is 0 Å². The topological polar surface area (TPSA) is 65.0 Å². The van der Waals surface area contributed by atoms with Crippen molar-refractivity contribution in [3.05, 3.63) is 164 Å². The number of nitrogens with zero attached hydrogens (tertiary/aromatic N) is 3. The largest absolute Gasteiger partial charge is 0.456 e. The molecule has 0 saturated carbocycles. The summed E-state index contributed by atoms with van der Waals surface area (Å²) in [6.07, 6.45) is 0. The fraction of sp³-hybridized carbons (Fsp3) is 0. The highest BCUT2D eigenvalue weighted by Gasteiger charge is 2.19. The highest BCUT2D eigenvalue weighted by Crippen LogP contribution is 2.42. The average molecular weight is 647 g/mol. The van der Waals surface area contributed by atoms with E-state index in [1.54, 1.807) is 24.3 Å². The van der Waals surface area contributed by atoms with E-state index >= 15 is 0 Å². The molecule has 0 spiro atoms. The number of hydrogen-bond acceptors (Lipinski definition) is 5. The smallest absolute Gasteiger partial charge is 0.164 e. The van der Waals surface area contributed by atoms with Crippen molar-refractivity contribution in [2.45, 2.75) is 0 Å². The molecule has 10 rings (SSSR count). The van der Waals surface area contributed by atoms with Crippen LogP contribution in [0.3, 0.4) is 0 Å². The van der Waals surface area contributed by atoms with Crippen LogP contribution < -0.4 is 0 Å². The number of aromatic nitrogens is 3. The van der Waals surface area contributed by atoms with Gasteiger partial charge in [-0.3, -0.25) is 0 Å². The molecular weight excluding hydrogens is 615 g/mol. The summed E-state index contributed by atoms with van der Waals surface area (Å²) in [6.45, 7) is 0. The molecule has 0 aliphatic rings. The van der Waals surface area contributed by atoms with Gasteiger partial charge >= 0.3 is 0 Å². The van der Waals surface area contributed by atoms with Crippen molar-refractivity contribution in [3.63, 3.8) is 0 Å². The first-order valence-electron chi connectivity index (χ1n) is 18.7. The van der Waals surface area contributed by atoms with E-state index < -0.39 is 6.04 Å². The molecule has 5 heteroatoms. The zero-order valence-corrected chi connectivity index (χ0v) is 26.4. The van der Waals surface area contributed by atoms with Crippen molar-refractivity contribution in [3.8, 4) is 56.4 Å². The van der Waals surface area contributed by atoms with Crippen LogP contribution in [0.1, 0.15) is 6.85 Å². The van der Waals surface area contributed by atoms with Crippen molar-refractivity contribution < 1.29 is 15.7 Å². The minimum atomic E-state index is -0.428. The number of furan rings is 2. The molecule has 0 aliphatic carbocycles. The number of para-hydroxylation sites is 2. The fourth-order valence-corrected chi connectivity index (χ4v) is 6.68. The predicted molar refractivity (Wildman–Crippen MR) is 202 cm³/mol. The Balaban J connectivity index is 1.13. The molecule has 234 valence electrons. The van der Waals surface area contributed by atoms with Gasteiger partial charge in [0.05, 0.1) is 6.85 Å². The van der Waals surface area contributed by atoms with Crippen molar-refractivity contribution >= 4 is 43.9 Å². The van der Waals surface area contributed by atoms with Crippen LogP contribution in [0.2, 0.25) is 0 Å². The van der Waals surface area contributed by atoms with Crippen LogP contribution in [-0.2, 0) is 0 Å². The first-order chi connectivity index (χ1) is 26.8. The van der Waals surface area contributed by atoms with E-state index in [0.717, 1.165) is 66.1 Å². The Morgan fingerprint density at radius 2 is 1.00 bits per heavy atom. The number of rotatable bonds is 5. The summed E-state index contributed by atoms with van der Waals surface area (Å²) in [5, 5.41) is 3.97. The molecule has 50 heavy (non-hydrogen) atoms. The van der Waals surface area contributed by atoms with Gasteiger partial charge in [-0.2, -0.15) is 0 Å². The zero-order valence-electron chi connectivity index (χ0n) is 31.4. The van der Waals surface area contributed by atoms with Gasteiger partial charge < -0.3 is 8.83 Å². The summed E-state index contributed by atoms with van der Waals surface area (Å²) < 4.78 is 53.9. The summed E-state index contributed by atoms with van der Waals surface area (Å²) in [5.74, 6) is 1.38. The van der Waals surface area contributed by atoms with E-state index in [4.69, 9.17) is 30.6 Å². The van der Waals surface area contributed by atoms with Gasteiger partial charge in [-0.05, 0) is 47.0 Å².